The van der Waals surface area contributed by atoms with Gasteiger partial charge in [0.15, 0.2) is 0 Å². The van der Waals surface area contributed by atoms with Gasteiger partial charge in [0.25, 0.3) is 5.91 Å². The molecule has 2 N–H and O–H groups in total. The second-order valence-corrected chi connectivity index (χ2v) is 7.77. The van der Waals surface area contributed by atoms with Crippen molar-refractivity contribution in [1.82, 2.24) is 0 Å². The van der Waals surface area contributed by atoms with E-state index in [4.69, 9.17) is 0 Å². The fraction of sp³-hybridized carbons (Fsp3) is 0.0476. The van der Waals surface area contributed by atoms with Crippen LogP contribution in [0, 0.1) is 11.8 Å². The van der Waals surface area contributed by atoms with Crippen molar-refractivity contribution in [3.63, 3.8) is 0 Å². The predicted octanol–water partition coefficient (Wildman–Crippen LogP) is 4.44. The molecule has 132 valence electrons. The predicted molar refractivity (Wildman–Crippen MR) is 110 cm³/mol. The average Bonchev–Trinajstić information content (AvgIpc) is 3.20. The van der Waals surface area contributed by atoms with Crippen molar-refractivity contribution in [3.8, 4) is 11.8 Å². The smallest absolute Gasteiger partial charge is 0.255 e. The lowest BCUT2D eigenvalue weighted by Gasteiger charge is -2.17. The van der Waals surface area contributed by atoms with Gasteiger partial charge in [-0.2, -0.15) is 0 Å². The molecule has 0 saturated carbocycles. The van der Waals surface area contributed by atoms with Gasteiger partial charge in [0.1, 0.15) is 0 Å². The summed E-state index contributed by atoms with van der Waals surface area (Å²) in [7, 11) is 0. The van der Waals surface area contributed by atoms with Gasteiger partial charge in [0, 0.05) is 21.7 Å². The van der Waals surface area contributed by atoms with Gasteiger partial charge in [0.2, 0.25) is 5.91 Å². The minimum absolute atomic E-state index is 0.0536. The summed E-state index contributed by atoms with van der Waals surface area (Å²) in [6.45, 7) is 0. The van der Waals surface area contributed by atoms with E-state index in [1.54, 1.807) is 23.5 Å². The number of rotatable bonds is 2. The number of hydrogen-bond donors (Lipinski definition) is 2. The number of amides is 2. The van der Waals surface area contributed by atoms with E-state index < -0.39 is 0 Å². The van der Waals surface area contributed by atoms with Crippen LogP contribution < -0.4 is 10.6 Å². The van der Waals surface area contributed by atoms with Crippen molar-refractivity contribution in [2.24, 2.45) is 0 Å². The quantitative estimate of drug-likeness (QED) is 0.636. The molecule has 0 saturated heterocycles. The van der Waals surface area contributed by atoms with Crippen LogP contribution in [0.2, 0.25) is 0 Å². The van der Waals surface area contributed by atoms with Gasteiger partial charge >= 0.3 is 0 Å². The number of thiophene rings is 1. The fourth-order valence-corrected chi connectivity index (χ4v) is 3.95. The third-order valence-electron chi connectivity index (χ3n) is 3.85. The van der Waals surface area contributed by atoms with Crippen molar-refractivity contribution in [3.05, 3.63) is 76.0 Å². The van der Waals surface area contributed by atoms with E-state index in [2.05, 4.69) is 22.5 Å². The maximum atomic E-state index is 12.6. The summed E-state index contributed by atoms with van der Waals surface area (Å²) >= 11 is 3.06. The normalized spacial score (nSPS) is 12.4. The molecule has 4 nitrogen and oxygen atoms in total. The molecular formula is C21H14N2O2S2. The number of nitrogens with one attached hydrogen (secondary N) is 2. The van der Waals surface area contributed by atoms with E-state index in [1.807, 2.05) is 47.8 Å². The number of fused-ring (bicyclic) bond motifs is 1. The van der Waals surface area contributed by atoms with Crippen LogP contribution in [0.4, 0.5) is 11.4 Å². The third-order valence-corrected chi connectivity index (χ3v) is 5.71. The summed E-state index contributed by atoms with van der Waals surface area (Å²) in [5.74, 6) is 6.33. The summed E-state index contributed by atoms with van der Waals surface area (Å²) in [5, 5.41) is 7.67. The molecule has 0 atom stereocenters. The average molecular weight is 390 g/mol. The van der Waals surface area contributed by atoms with Gasteiger partial charge in [-0.1, -0.05) is 24.0 Å². The molecule has 2 heterocycles. The van der Waals surface area contributed by atoms with E-state index in [9.17, 15) is 9.59 Å². The van der Waals surface area contributed by atoms with Crippen LogP contribution in [-0.2, 0) is 4.79 Å². The highest BCUT2D eigenvalue weighted by atomic mass is 32.2. The molecule has 0 radical (unpaired) electrons. The lowest BCUT2D eigenvalue weighted by Crippen LogP contribution is -2.19. The first kappa shape index (κ1) is 17.4. The number of benzene rings is 2. The Balaban J connectivity index is 1.51. The molecule has 4 rings (SSSR count). The first-order chi connectivity index (χ1) is 13.2. The summed E-state index contributed by atoms with van der Waals surface area (Å²) in [6, 6.07) is 16.7. The van der Waals surface area contributed by atoms with E-state index in [1.165, 1.54) is 11.8 Å². The van der Waals surface area contributed by atoms with Gasteiger partial charge in [-0.3, -0.25) is 9.59 Å². The molecule has 2 amide bonds. The van der Waals surface area contributed by atoms with E-state index in [0.717, 1.165) is 15.3 Å². The molecule has 1 aliphatic rings. The van der Waals surface area contributed by atoms with Crippen molar-refractivity contribution < 1.29 is 9.59 Å². The van der Waals surface area contributed by atoms with Gasteiger partial charge < -0.3 is 10.6 Å². The van der Waals surface area contributed by atoms with Crippen molar-refractivity contribution in [2.45, 2.75) is 4.90 Å². The maximum absolute atomic E-state index is 12.6. The molecule has 0 spiro atoms. The third kappa shape index (κ3) is 4.22. The highest BCUT2D eigenvalue weighted by Crippen LogP contribution is 2.32. The Morgan fingerprint density at radius 2 is 2.00 bits per heavy atom. The van der Waals surface area contributed by atoms with Crippen molar-refractivity contribution in [1.29, 1.82) is 0 Å². The monoisotopic (exact) mass is 390 g/mol. The van der Waals surface area contributed by atoms with Gasteiger partial charge in [-0.25, -0.2) is 0 Å². The Hall–Kier alpha value is -3.01. The highest BCUT2D eigenvalue weighted by Gasteiger charge is 2.17. The van der Waals surface area contributed by atoms with Gasteiger partial charge in [-0.05, 0) is 47.8 Å². The van der Waals surface area contributed by atoms with Crippen LogP contribution in [0.3, 0.4) is 0 Å². The lowest BCUT2D eigenvalue weighted by atomic mass is 10.1. The van der Waals surface area contributed by atoms with E-state index in [0.29, 0.717) is 22.7 Å². The zero-order valence-electron chi connectivity index (χ0n) is 14.1. The molecule has 0 unspecified atom stereocenters. The van der Waals surface area contributed by atoms with Crippen LogP contribution >= 0.6 is 23.1 Å². The highest BCUT2D eigenvalue weighted by molar-refractivity contribution is 8.00. The topological polar surface area (TPSA) is 58.2 Å². The number of thioether (sulfide) groups is 1. The summed E-state index contributed by atoms with van der Waals surface area (Å²) in [4.78, 5) is 26.1. The summed E-state index contributed by atoms with van der Waals surface area (Å²) in [6.07, 6.45) is 0. The zero-order chi connectivity index (χ0) is 18.6. The van der Waals surface area contributed by atoms with Crippen molar-refractivity contribution in [2.75, 3.05) is 16.4 Å². The number of carbonyl (C=O) groups is 2. The van der Waals surface area contributed by atoms with E-state index in [-0.39, 0.29) is 11.8 Å². The molecule has 2 aromatic carbocycles. The Morgan fingerprint density at radius 3 is 2.85 bits per heavy atom. The van der Waals surface area contributed by atoms with Crippen LogP contribution in [0.15, 0.2) is 64.9 Å². The Labute approximate surface area is 165 Å². The van der Waals surface area contributed by atoms with Crippen LogP contribution in [0.25, 0.3) is 0 Å². The standard InChI is InChI=1S/C21H14N2O2S2/c24-20-13-27-19-9-7-15(12-18(19)23-20)21(25)22-16-4-1-3-14(11-16)6-8-17-5-2-10-26-17/h1-5,7,9-12H,13H2,(H,22,25)(H,23,24). The Morgan fingerprint density at radius 1 is 1.07 bits per heavy atom. The molecule has 3 aromatic rings. The molecule has 1 aromatic heterocycles. The van der Waals surface area contributed by atoms with Gasteiger partial charge in [-0.15, -0.1) is 23.1 Å². The maximum Gasteiger partial charge on any atom is 0.255 e. The minimum atomic E-state index is -0.231. The lowest BCUT2D eigenvalue weighted by molar-refractivity contribution is -0.113. The number of anilines is 2. The largest absolute Gasteiger partial charge is 0.324 e. The van der Waals surface area contributed by atoms with Crippen molar-refractivity contribution >= 4 is 46.3 Å². The van der Waals surface area contributed by atoms with Crippen LogP contribution in [0.5, 0.6) is 0 Å². The minimum Gasteiger partial charge on any atom is -0.324 e. The SMILES string of the molecule is O=C1CSc2ccc(C(=O)Nc3cccc(C#Cc4cccs4)c3)cc2N1. The molecular weight excluding hydrogens is 376 g/mol. The second-order valence-electron chi connectivity index (χ2n) is 5.81. The second kappa shape index (κ2) is 7.70. The molecule has 0 fully saturated rings. The summed E-state index contributed by atoms with van der Waals surface area (Å²) < 4.78 is 0. The van der Waals surface area contributed by atoms with E-state index >= 15 is 0 Å². The first-order valence-corrected chi connectivity index (χ1v) is 10.1. The number of hydrogen-bond acceptors (Lipinski definition) is 4. The molecule has 1 aliphatic heterocycles. The first-order valence-electron chi connectivity index (χ1n) is 8.21. The number of carbonyl (C=O) groups excluding carboxylic acids is 2. The zero-order valence-corrected chi connectivity index (χ0v) is 15.7. The molecule has 0 bridgehead atoms. The Bertz CT molecular complexity index is 1080. The molecule has 0 aliphatic carbocycles. The molecule has 27 heavy (non-hydrogen) atoms. The van der Waals surface area contributed by atoms with Crippen LogP contribution in [-0.4, -0.2) is 17.6 Å². The van der Waals surface area contributed by atoms with Gasteiger partial charge in [0.05, 0.1) is 16.3 Å². The fourth-order valence-electron chi connectivity index (χ4n) is 2.59. The summed E-state index contributed by atoms with van der Waals surface area (Å²) in [5.41, 5.74) is 2.68. The Kier molecular flexibility index (Phi) is 4.97. The molecule has 6 heteroatoms. The van der Waals surface area contributed by atoms with Crippen LogP contribution in [0.1, 0.15) is 20.8 Å².